The molecule has 3 N–H and O–H groups in total. The molecule has 17 heteroatoms. The summed E-state index contributed by atoms with van der Waals surface area (Å²) in [5, 5.41) is 18.2. The lowest BCUT2D eigenvalue weighted by Gasteiger charge is -2.38. The zero-order valence-electron chi connectivity index (χ0n) is 31.5. The second-order valence-corrected chi connectivity index (χ2v) is 16.0. The van der Waals surface area contributed by atoms with Crippen molar-refractivity contribution in [2.24, 2.45) is 5.92 Å². The first-order valence-electron chi connectivity index (χ1n) is 19.7. The molecule has 2 aliphatic carbocycles. The van der Waals surface area contributed by atoms with Crippen molar-refractivity contribution in [3.8, 4) is 17.6 Å². The van der Waals surface area contributed by atoms with Gasteiger partial charge in [-0.05, 0) is 94.5 Å². The van der Waals surface area contributed by atoms with E-state index in [2.05, 4.69) is 30.8 Å². The quantitative estimate of drug-likeness (QED) is 0.235. The maximum atomic E-state index is 15.6. The number of fused-ring (bicyclic) bond motifs is 1. The van der Waals surface area contributed by atoms with E-state index in [9.17, 15) is 24.0 Å². The Labute approximate surface area is 338 Å². The highest BCUT2D eigenvalue weighted by atomic mass is 35.5. The predicted octanol–water partition coefficient (Wildman–Crippen LogP) is 4.08. The molecule has 2 saturated heterocycles. The van der Waals surface area contributed by atoms with E-state index in [0.29, 0.717) is 35.1 Å². The van der Waals surface area contributed by atoms with Crippen LogP contribution in [0.1, 0.15) is 101 Å². The highest BCUT2D eigenvalue weighted by Crippen LogP contribution is 2.36. The van der Waals surface area contributed by atoms with Crippen LogP contribution in [-0.2, 0) is 9.59 Å². The van der Waals surface area contributed by atoms with Gasteiger partial charge < -0.3 is 25.0 Å². The highest BCUT2D eigenvalue weighted by Gasteiger charge is 2.47. The van der Waals surface area contributed by atoms with Gasteiger partial charge in [-0.2, -0.15) is 5.26 Å². The van der Waals surface area contributed by atoms with Gasteiger partial charge in [-0.1, -0.05) is 11.6 Å². The van der Waals surface area contributed by atoms with E-state index in [1.54, 1.807) is 24.4 Å². The minimum absolute atomic E-state index is 0.00544. The molecule has 1 aromatic heterocycles. The number of amides is 5. The molecule has 4 heterocycles. The summed E-state index contributed by atoms with van der Waals surface area (Å²) in [6, 6.07) is 8.83. The number of carbonyl (C=O) groups excluding carboxylic acids is 5. The van der Waals surface area contributed by atoms with Gasteiger partial charge in [0.1, 0.15) is 35.5 Å². The predicted molar refractivity (Wildman–Crippen MR) is 206 cm³/mol. The van der Waals surface area contributed by atoms with Crippen LogP contribution in [0.2, 0.25) is 5.02 Å². The molecule has 8 rings (SSSR count). The van der Waals surface area contributed by atoms with Gasteiger partial charge in [0, 0.05) is 37.7 Å². The minimum Gasteiger partial charge on any atom is -0.490 e. The number of nitrogens with zero attached hydrogens (tertiary/aromatic N) is 5. The Morgan fingerprint density at radius 3 is 2.40 bits per heavy atom. The van der Waals surface area contributed by atoms with Crippen LogP contribution >= 0.6 is 11.6 Å². The Balaban J connectivity index is 0.731. The van der Waals surface area contributed by atoms with Crippen molar-refractivity contribution in [2.45, 2.75) is 94.5 Å². The molecule has 1 atom stereocenters. The standard InChI is InChI=1S/C41H42ClFN8O7/c42-30-17-27(4-1-23(30)18-44)57-26-5-2-24(3-6-26)48-38(53)31-20-47-34(21-46-31)50-13-11-22(12-14-50)19-45-25-15-28(16-25)58-33-9-7-29-36(37(33)43)41(56)51(40(29)55)32-8-10-35(52)49-39(32)54/h1,4,7,9,17,20-22,24-26,28,32,45H,2-3,5-6,8,10-16,19H2,(H,48,53)(H,49,52,54). The molecule has 4 fully saturated rings. The number of ether oxygens (including phenoxy) is 2. The van der Waals surface area contributed by atoms with E-state index in [0.717, 1.165) is 68.9 Å². The first-order chi connectivity index (χ1) is 28.0. The Morgan fingerprint density at radius 2 is 1.71 bits per heavy atom. The van der Waals surface area contributed by atoms with Gasteiger partial charge in [-0.3, -0.25) is 34.2 Å². The number of carbonyl (C=O) groups is 5. The average molecular weight is 813 g/mol. The molecular weight excluding hydrogens is 771 g/mol. The Bertz CT molecular complexity index is 2160. The van der Waals surface area contributed by atoms with Crippen molar-refractivity contribution < 1.29 is 37.8 Å². The first-order valence-corrected chi connectivity index (χ1v) is 20.1. The molecule has 302 valence electrons. The third kappa shape index (κ3) is 8.19. The van der Waals surface area contributed by atoms with E-state index < -0.39 is 41.1 Å². The third-order valence-corrected chi connectivity index (χ3v) is 12.1. The smallest absolute Gasteiger partial charge is 0.271 e. The molecule has 0 bridgehead atoms. The number of imide groups is 2. The topological polar surface area (TPSA) is 196 Å². The second kappa shape index (κ2) is 16.7. The Hall–Kier alpha value is -5.66. The lowest BCUT2D eigenvalue weighted by atomic mass is 9.88. The molecule has 58 heavy (non-hydrogen) atoms. The monoisotopic (exact) mass is 812 g/mol. The molecule has 3 aromatic rings. The molecule has 5 amide bonds. The largest absolute Gasteiger partial charge is 0.490 e. The summed E-state index contributed by atoms with van der Waals surface area (Å²) in [6.45, 7) is 2.44. The summed E-state index contributed by atoms with van der Waals surface area (Å²) in [7, 11) is 0. The fourth-order valence-electron chi connectivity index (χ4n) is 8.34. The van der Waals surface area contributed by atoms with Gasteiger partial charge in [0.15, 0.2) is 11.6 Å². The van der Waals surface area contributed by atoms with E-state index >= 15 is 4.39 Å². The minimum atomic E-state index is -1.17. The number of hydrogen-bond donors (Lipinski definition) is 3. The van der Waals surface area contributed by atoms with Crippen LogP contribution in [0.4, 0.5) is 10.2 Å². The summed E-state index contributed by atoms with van der Waals surface area (Å²) in [6.07, 6.45) is 9.21. The highest BCUT2D eigenvalue weighted by molar-refractivity contribution is 6.31. The van der Waals surface area contributed by atoms with Crippen molar-refractivity contribution in [3.63, 3.8) is 0 Å². The van der Waals surface area contributed by atoms with Crippen molar-refractivity contribution in [3.05, 3.63) is 75.9 Å². The normalized spacial score (nSPS) is 24.7. The van der Waals surface area contributed by atoms with Crippen LogP contribution < -0.4 is 30.3 Å². The molecule has 3 aliphatic heterocycles. The zero-order valence-corrected chi connectivity index (χ0v) is 32.3. The van der Waals surface area contributed by atoms with Crippen molar-refractivity contribution in [2.75, 3.05) is 24.5 Å². The van der Waals surface area contributed by atoms with Crippen molar-refractivity contribution in [1.29, 1.82) is 5.26 Å². The molecular formula is C41H42ClFN8O7. The van der Waals surface area contributed by atoms with E-state index in [4.69, 9.17) is 26.3 Å². The summed E-state index contributed by atoms with van der Waals surface area (Å²) in [4.78, 5) is 74.8. The van der Waals surface area contributed by atoms with Crippen molar-refractivity contribution >= 4 is 47.0 Å². The number of piperidine rings is 2. The fraction of sp³-hybridized carbons (Fsp3) is 0.463. The lowest BCUT2D eigenvalue weighted by Crippen LogP contribution is -2.54. The Kier molecular flexibility index (Phi) is 11.3. The van der Waals surface area contributed by atoms with Gasteiger partial charge >= 0.3 is 0 Å². The third-order valence-electron chi connectivity index (χ3n) is 11.8. The van der Waals surface area contributed by atoms with Crippen molar-refractivity contribution in [1.82, 2.24) is 30.8 Å². The van der Waals surface area contributed by atoms with E-state index in [-0.39, 0.29) is 60.0 Å². The summed E-state index contributed by atoms with van der Waals surface area (Å²) in [5.74, 6) is -2.38. The van der Waals surface area contributed by atoms with Crippen LogP contribution in [0.5, 0.6) is 11.5 Å². The maximum Gasteiger partial charge on any atom is 0.271 e. The maximum absolute atomic E-state index is 15.6. The molecule has 0 spiro atoms. The van der Waals surface area contributed by atoms with Gasteiger partial charge in [0.2, 0.25) is 11.8 Å². The number of aromatic nitrogens is 2. The van der Waals surface area contributed by atoms with Crippen LogP contribution in [0.3, 0.4) is 0 Å². The summed E-state index contributed by atoms with van der Waals surface area (Å²) in [5.41, 5.74) is 0.139. The van der Waals surface area contributed by atoms with Gasteiger partial charge in [-0.25, -0.2) is 14.4 Å². The number of halogens is 2. The number of nitrogens with one attached hydrogen (secondary N) is 3. The van der Waals surface area contributed by atoms with Gasteiger partial charge in [-0.15, -0.1) is 0 Å². The van der Waals surface area contributed by atoms with E-state index in [1.165, 1.54) is 18.3 Å². The molecule has 15 nitrogen and oxygen atoms in total. The summed E-state index contributed by atoms with van der Waals surface area (Å²) >= 11 is 6.13. The number of hydrogen-bond acceptors (Lipinski definition) is 12. The Morgan fingerprint density at radius 1 is 0.931 bits per heavy atom. The van der Waals surface area contributed by atoms with Gasteiger partial charge in [0.05, 0.1) is 40.2 Å². The lowest BCUT2D eigenvalue weighted by molar-refractivity contribution is -0.136. The zero-order chi connectivity index (χ0) is 40.5. The number of rotatable bonds is 11. The molecule has 1 unspecified atom stereocenters. The molecule has 2 saturated carbocycles. The second-order valence-electron chi connectivity index (χ2n) is 15.6. The number of nitriles is 1. The number of benzene rings is 2. The van der Waals surface area contributed by atoms with Crippen LogP contribution in [0.25, 0.3) is 0 Å². The summed E-state index contributed by atoms with van der Waals surface area (Å²) < 4.78 is 27.5. The fourth-order valence-corrected chi connectivity index (χ4v) is 8.55. The van der Waals surface area contributed by atoms with Crippen LogP contribution in [0, 0.1) is 23.1 Å². The van der Waals surface area contributed by atoms with Crippen LogP contribution in [0.15, 0.2) is 42.7 Å². The SMILES string of the molecule is N#Cc1ccc(OC2CCC(NC(=O)c3cnc(N4CCC(CNC5CC(Oc6ccc7c(c6F)C(=O)N(C6CCC(=O)NC6=O)C7=O)C5)CC4)cn3)CC2)cc1Cl. The van der Waals surface area contributed by atoms with E-state index in [1.807, 2.05) is 6.07 Å². The molecule has 2 aromatic carbocycles. The molecule has 0 radical (unpaired) electrons. The van der Waals surface area contributed by atoms with Crippen LogP contribution in [-0.4, -0.2) is 94.4 Å². The number of anilines is 1. The van der Waals surface area contributed by atoms with Gasteiger partial charge in [0.25, 0.3) is 17.7 Å². The molecule has 5 aliphatic rings. The average Bonchev–Trinajstić information content (AvgIpc) is 3.46. The first kappa shape index (κ1) is 39.2.